The van der Waals surface area contributed by atoms with Crippen LogP contribution in [0.5, 0.6) is 0 Å². The van der Waals surface area contributed by atoms with E-state index in [0.717, 1.165) is 12.0 Å². The molecule has 0 spiro atoms. The Labute approximate surface area is 154 Å². The van der Waals surface area contributed by atoms with Crippen molar-refractivity contribution in [1.29, 1.82) is 0 Å². The van der Waals surface area contributed by atoms with Gasteiger partial charge in [0.15, 0.2) is 0 Å². The van der Waals surface area contributed by atoms with Crippen LogP contribution in [-0.4, -0.2) is 29.4 Å². The maximum Gasteiger partial charge on any atom is 0.322 e. The van der Waals surface area contributed by atoms with Crippen molar-refractivity contribution >= 4 is 23.5 Å². The second-order valence-electron chi connectivity index (χ2n) is 7.73. The zero-order valence-corrected chi connectivity index (χ0v) is 15.5. The molecule has 26 heavy (non-hydrogen) atoms. The van der Waals surface area contributed by atoms with Crippen LogP contribution in [0.2, 0.25) is 0 Å². The lowest BCUT2D eigenvalue weighted by atomic mass is 9.67. The first-order valence-corrected chi connectivity index (χ1v) is 9.13. The van der Waals surface area contributed by atoms with Gasteiger partial charge < -0.3 is 15.7 Å². The van der Waals surface area contributed by atoms with Crippen LogP contribution in [0, 0.1) is 11.3 Å². The number of carboxylic acids is 1. The van der Waals surface area contributed by atoms with Gasteiger partial charge in [-0.05, 0) is 41.9 Å². The normalized spacial score (nSPS) is 18.8. The first-order valence-electron chi connectivity index (χ1n) is 9.13. The van der Waals surface area contributed by atoms with Crippen LogP contribution < -0.4 is 10.6 Å². The fourth-order valence-corrected chi connectivity index (χ4v) is 3.51. The molecule has 1 saturated carbocycles. The van der Waals surface area contributed by atoms with Crippen molar-refractivity contribution in [3.8, 4) is 0 Å². The van der Waals surface area contributed by atoms with Crippen LogP contribution in [0.1, 0.15) is 51.5 Å². The Bertz CT molecular complexity index is 652. The largest absolute Gasteiger partial charge is 0.480 e. The average Bonchev–Trinajstić information content (AvgIpc) is 2.56. The molecule has 1 aromatic carbocycles. The monoisotopic (exact) mass is 360 g/mol. The minimum absolute atomic E-state index is 0.0249. The van der Waals surface area contributed by atoms with Gasteiger partial charge >= 0.3 is 5.97 Å². The Morgan fingerprint density at radius 1 is 1.12 bits per heavy atom. The van der Waals surface area contributed by atoms with E-state index in [2.05, 4.69) is 24.5 Å². The highest BCUT2D eigenvalue weighted by atomic mass is 16.4. The quantitative estimate of drug-likeness (QED) is 0.696. The third-order valence-electron chi connectivity index (χ3n) is 5.20. The summed E-state index contributed by atoms with van der Waals surface area (Å²) in [4.78, 5) is 34.4. The van der Waals surface area contributed by atoms with Gasteiger partial charge in [0.05, 0.1) is 6.42 Å². The predicted octanol–water partition coefficient (Wildman–Crippen LogP) is 2.97. The summed E-state index contributed by atoms with van der Waals surface area (Å²) < 4.78 is 0. The SMILES string of the molecule is CC1(C)CCCCC1CC(=O)Nc1ccc(CC(=O)NCC(=O)O)cc1. The second-order valence-corrected chi connectivity index (χ2v) is 7.73. The number of rotatable bonds is 7. The van der Waals surface area contributed by atoms with Crippen LogP contribution in [0.4, 0.5) is 5.69 Å². The molecule has 3 N–H and O–H groups in total. The number of carbonyl (C=O) groups excluding carboxylic acids is 2. The van der Waals surface area contributed by atoms with Crippen molar-refractivity contribution in [3.63, 3.8) is 0 Å². The Balaban J connectivity index is 1.83. The van der Waals surface area contributed by atoms with Crippen LogP contribution in [0.15, 0.2) is 24.3 Å². The highest BCUT2D eigenvalue weighted by Crippen LogP contribution is 2.42. The second kappa shape index (κ2) is 8.83. The van der Waals surface area contributed by atoms with Crippen LogP contribution in [0.25, 0.3) is 0 Å². The molecule has 6 heteroatoms. The number of benzene rings is 1. The summed E-state index contributed by atoms with van der Waals surface area (Å²) in [7, 11) is 0. The molecule has 2 amide bonds. The van der Waals surface area contributed by atoms with Crippen molar-refractivity contribution < 1.29 is 19.5 Å². The molecule has 1 aliphatic rings. The fraction of sp³-hybridized carbons (Fsp3) is 0.550. The lowest BCUT2D eigenvalue weighted by Gasteiger charge is -2.38. The van der Waals surface area contributed by atoms with Crippen molar-refractivity contribution in [3.05, 3.63) is 29.8 Å². The molecule has 0 heterocycles. The summed E-state index contributed by atoms with van der Waals surface area (Å²) in [5.41, 5.74) is 1.68. The topological polar surface area (TPSA) is 95.5 Å². The number of aliphatic carboxylic acids is 1. The minimum Gasteiger partial charge on any atom is -0.480 e. The average molecular weight is 360 g/mol. The fourth-order valence-electron chi connectivity index (χ4n) is 3.51. The van der Waals surface area contributed by atoms with E-state index < -0.39 is 5.97 Å². The van der Waals surface area contributed by atoms with E-state index >= 15 is 0 Å². The van der Waals surface area contributed by atoms with E-state index in [-0.39, 0.29) is 30.2 Å². The molecule has 6 nitrogen and oxygen atoms in total. The van der Waals surface area contributed by atoms with Gasteiger partial charge in [0.2, 0.25) is 11.8 Å². The first kappa shape index (κ1) is 19.9. The smallest absolute Gasteiger partial charge is 0.322 e. The third-order valence-corrected chi connectivity index (χ3v) is 5.20. The minimum atomic E-state index is -1.07. The van der Waals surface area contributed by atoms with Gasteiger partial charge in [0, 0.05) is 12.1 Å². The number of carboxylic acid groups (broad SMARTS) is 1. The number of carbonyl (C=O) groups is 3. The molecule has 0 aromatic heterocycles. The molecule has 1 aromatic rings. The molecule has 2 rings (SSSR count). The van der Waals surface area contributed by atoms with Crippen molar-refractivity contribution in [2.24, 2.45) is 11.3 Å². The molecule has 142 valence electrons. The van der Waals surface area contributed by atoms with E-state index in [1.165, 1.54) is 19.3 Å². The number of amides is 2. The molecule has 1 aliphatic carbocycles. The summed E-state index contributed by atoms with van der Waals surface area (Å²) in [5.74, 6) is -0.980. The van der Waals surface area contributed by atoms with E-state index in [0.29, 0.717) is 18.0 Å². The maximum atomic E-state index is 12.3. The summed E-state index contributed by atoms with van der Waals surface area (Å²) in [5, 5.41) is 13.8. The highest BCUT2D eigenvalue weighted by Gasteiger charge is 2.33. The van der Waals surface area contributed by atoms with E-state index in [1.807, 2.05) is 0 Å². The van der Waals surface area contributed by atoms with Gasteiger partial charge in [-0.2, -0.15) is 0 Å². The number of anilines is 1. The van der Waals surface area contributed by atoms with Crippen molar-refractivity contribution in [2.45, 2.75) is 52.4 Å². The maximum absolute atomic E-state index is 12.3. The summed E-state index contributed by atoms with van der Waals surface area (Å²) in [6, 6.07) is 7.06. The van der Waals surface area contributed by atoms with Crippen LogP contribution >= 0.6 is 0 Å². The Hall–Kier alpha value is -2.37. The van der Waals surface area contributed by atoms with E-state index in [4.69, 9.17) is 5.11 Å². The molecule has 1 atom stereocenters. The van der Waals surface area contributed by atoms with Gasteiger partial charge in [0.25, 0.3) is 0 Å². The zero-order valence-electron chi connectivity index (χ0n) is 15.5. The summed E-state index contributed by atoms with van der Waals surface area (Å²) in [6.07, 6.45) is 5.35. The third kappa shape index (κ3) is 6.17. The molecule has 0 radical (unpaired) electrons. The molecular weight excluding hydrogens is 332 g/mol. The summed E-state index contributed by atoms with van der Waals surface area (Å²) >= 11 is 0. The molecule has 0 aliphatic heterocycles. The van der Waals surface area contributed by atoms with Gasteiger partial charge in [-0.3, -0.25) is 14.4 Å². The van der Waals surface area contributed by atoms with Gasteiger partial charge in [-0.25, -0.2) is 0 Å². The van der Waals surface area contributed by atoms with Crippen LogP contribution in [-0.2, 0) is 20.8 Å². The summed E-state index contributed by atoms with van der Waals surface area (Å²) in [6.45, 7) is 4.10. The van der Waals surface area contributed by atoms with Gasteiger partial charge in [-0.15, -0.1) is 0 Å². The Morgan fingerprint density at radius 3 is 2.42 bits per heavy atom. The zero-order chi connectivity index (χ0) is 19.2. The standard InChI is InChI=1S/C20H28N2O4/c1-20(2)10-4-3-5-15(20)12-18(24)22-16-8-6-14(7-9-16)11-17(23)21-13-19(25)26/h6-9,15H,3-5,10-13H2,1-2H3,(H,21,23)(H,22,24)(H,25,26). The van der Waals surface area contributed by atoms with Gasteiger partial charge in [-0.1, -0.05) is 38.8 Å². The molecule has 1 unspecified atom stereocenters. The number of hydrogen-bond acceptors (Lipinski definition) is 3. The number of nitrogens with one attached hydrogen (secondary N) is 2. The number of hydrogen-bond donors (Lipinski definition) is 3. The van der Waals surface area contributed by atoms with E-state index in [9.17, 15) is 14.4 Å². The van der Waals surface area contributed by atoms with Crippen molar-refractivity contribution in [1.82, 2.24) is 5.32 Å². The van der Waals surface area contributed by atoms with Crippen molar-refractivity contribution in [2.75, 3.05) is 11.9 Å². The van der Waals surface area contributed by atoms with Gasteiger partial charge in [0.1, 0.15) is 6.54 Å². The molecule has 1 fully saturated rings. The molecule has 0 bridgehead atoms. The predicted molar refractivity (Wildman–Crippen MR) is 99.8 cm³/mol. The lowest BCUT2D eigenvalue weighted by Crippen LogP contribution is -2.31. The first-order chi connectivity index (χ1) is 12.3. The van der Waals surface area contributed by atoms with E-state index in [1.54, 1.807) is 24.3 Å². The molecular formula is C20H28N2O4. The lowest BCUT2D eigenvalue weighted by molar-refractivity contribution is -0.137. The van der Waals surface area contributed by atoms with Crippen LogP contribution in [0.3, 0.4) is 0 Å². The highest BCUT2D eigenvalue weighted by molar-refractivity contribution is 5.91. The Kier molecular flexibility index (Phi) is 6.77. The molecule has 0 saturated heterocycles. The Morgan fingerprint density at radius 2 is 1.81 bits per heavy atom.